The van der Waals surface area contributed by atoms with E-state index in [1.165, 1.54) is 0 Å². The van der Waals surface area contributed by atoms with Crippen LogP contribution >= 0.6 is 0 Å². The van der Waals surface area contributed by atoms with Crippen LogP contribution in [0.2, 0.25) is 0 Å². The highest BCUT2D eigenvalue weighted by Gasteiger charge is 2.28. The van der Waals surface area contributed by atoms with E-state index in [2.05, 4.69) is 6.58 Å². The Morgan fingerprint density at radius 2 is 2.18 bits per heavy atom. The highest BCUT2D eigenvalue weighted by Crippen LogP contribution is 2.32. The number of allylic oxidation sites excluding steroid dienone is 2. The van der Waals surface area contributed by atoms with Crippen LogP contribution in [-0.2, 0) is 4.79 Å². The highest BCUT2D eigenvalue weighted by atomic mass is 16.3. The van der Waals surface area contributed by atoms with Crippen LogP contribution < -0.4 is 0 Å². The Labute approximate surface area is 66.2 Å². The normalized spacial score (nSPS) is 23.3. The van der Waals surface area contributed by atoms with Crippen molar-refractivity contribution < 1.29 is 9.90 Å². The minimum atomic E-state index is -0.315. The molecule has 0 aromatic rings. The lowest BCUT2D eigenvalue weighted by atomic mass is 9.79. The predicted molar refractivity (Wildman–Crippen MR) is 43.3 cm³/mol. The van der Waals surface area contributed by atoms with Crippen LogP contribution in [-0.4, -0.2) is 10.9 Å². The van der Waals surface area contributed by atoms with Gasteiger partial charge in [-0.1, -0.05) is 20.4 Å². The first kappa shape index (κ1) is 8.05. The van der Waals surface area contributed by atoms with E-state index in [-0.39, 0.29) is 17.0 Å². The Balaban J connectivity index is 3.04. The molecule has 0 fully saturated rings. The number of aliphatic hydroxyl groups excluding tert-OH is 1. The molecule has 1 aliphatic carbocycles. The van der Waals surface area contributed by atoms with Crippen LogP contribution in [0.15, 0.2) is 24.0 Å². The molecule has 0 atom stereocenters. The number of hydrogen-bond donors (Lipinski definition) is 1. The fourth-order valence-electron chi connectivity index (χ4n) is 1.30. The van der Waals surface area contributed by atoms with E-state index in [1.807, 2.05) is 13.8 Å². The summed E-state index contributed by atoms with van der Waals surface area (Å²) >= 11 is 0. The zero-order valence-corrected chi connectivity index (χ0v) is 6.85. The number of aliphatic hydroxyl groups is 1. The Hall–Kier alpha value is -1.05. The van der Waals surface area contributed by atoms with Gasteiger partial charge >= 0.3 is 0 Å². The molecule has 0 aromatic heterocycles. The molecule has 2 nitrogen and oxygen atoms in total. The monoisotopic (exact) mass is 152 g/mol. The average Bonchev–Trinajstić information content (AvgIpc) is 1.81. The molecule has 0 spiro atoms. The number of hydrogen-bond acceptors (Lipinski definition) is 2. The van der Waals surface area contributed by atoms with Crippen LogP contribution in [0.4, 0.5) is 0 Å². The standard InChI is InChI=1S/C9H12O2/c1-6-4-9(2,3)5-7(10)8(6)11/h5,10H,1,4H2,2-3H3. The van der Waals surface area contributed by atoms with Crippen LogP contribution in [0.25, 0.3) is 0 Å². The van der Waals surface area contributed by atoms with E-state index in [9.17, 15) is 4.79 Å². The number of ketones is 1. The topological polar surface area (TPSA) is 37.3 Å². The second-order valence-corrected chi connectivity index (χ2v) is 3.63. The number of carbonyl (C=O) groups is 1. The molecule has 1 N–H and O–H groups in total. The number of carbonyl (C=O) groups excluding carboxylic acids is 1. The van der Waals surface area contributed by atoms with E-state index >= 15 is 0 Å². The molecule has 0 amide bonds. The molecule has 0 radical (unpaired) electrons. The van der Waals surface area contributed by atoms with Crippen molar-refractivity contribution in [3.63, 3.8) is 0 Å². The van der Waals surface area contributed by atoms with Gasteiger partial charge in [0.2, 0.25) is 5.78 Å². The van der Waals surface area contributed by atoms with Crippen molar-refractivity contribution in [2.75, 3.05) is 0 Å². The molecule has 1 rings (SSSR count). The van der Waals surface area contributed by atoms with E-state index in [4.69, 9.17) is 5.11 Å². The molecule has 0 heterocycles. The molecule has 0 bridgehead atoms. The van der Waals surface area contributed by atoms with Crippen LogP contribution in [0.1, 0.15) is 20.3 Å². The molecule has 1 aliphatic rings. The third-order valence-corrected chi connectivity index (χ3v) is 1.75. The van der Waals surface area contributed by atoms with Crippen LogP contribution in [0, 0.1) is 5.41 Å². The highest BCUT2D eigenvalue weighted by molar-refractivity contribution is 6.07. The molecular weight excluding hydrogens is 140 g/mol. The lowest BCUT2D eigenvalue weighted by Gasteiger charge is -2.25. The van der Waals surface area contributed by atoms with E-state index < -0.39 is 0 Å². The lowest BCUT2D eigenvalue weighted by molar-refractivity contribution is -0.115. The molecule has 0 saturated heterocycles. The van der Waals surface area contributed by atoms with E-state index in [0.29, 0.717) is 12.0 Å². The lowest BCUT2D eigenvalue weighted by Crippen LogP contribution is -2.21. The van der Waals surface area contributed by atoms with Gasteiger partial charge in [-0.05, 0) is 23.5 Å². The Bertz CT molecular complexity index is 246. The van der Waals surface area contributed by atoms with Gasteiger partial charge < -0.3 is 5.11 Å². The second kappa shape index (κ2) is 2.22. The van der Waals surface area contributed by atoms with Gasteiger partial charge in [-0.15, -0.1) is 0 Å². The molecule has 0 unspecified atom stereocenters. The summed E-state index contributed by atoms with van der Waals surface area (Å²) in [6.45, 7) is 7.51. The van der Waals surface area contributed by atoms with Gasteiger partial charge in [0.15, 0.2) is 5.76 Å². The number of rotatable bonds is 0. The summed E-state index contributed by atoms with van der Waals surface area (Å²) in [5.74, 6) is -0.476. The first-order valence-corrected chi connectivity index (χ1v) is 3.57. The molecule has 60 valence electrons. The molecular formula is C9H12O2. The van der Waals surface area contributed by atoms with E-state index in [1.54, 1.807) is 6.08 Å². The molecule has 0 aliphatic heterocycles. The minimum Gasteiger partial charge on any atom is -0.504 e. The predicted octanol–water partition coefficient (Wildman–Crippen LogP) is 1.98. The van der Waals surface area contributed by atoms with E-state index in [0.717, 1.165) is 0 Å². The van der Waals surface area contributed by atoms with Crippen molar-refractivity contribution in [3.05, 3.63) is 24.0 Å². The smallest absolute Gasteiger partial charge is 0.222 e. The van der Waals surface area contributed by atoms with Gasteiger partial charge in [0, 0.05) is 0 Å². The molecule has 0 aromatic carbocycles. The fourth-order valence-corrected chi connectivity index (χ4v) is 1.30. The van der Waals surface area contributed by atoms with Gasteiger partial charge in [-0.3, -0.25) is 4.79 Å². The van der Waals surface area contributed by atoms with Gasteiger partial charge in [0.25, 0.3) is 0 Å². The molecule has 2 heteroatoms. The van der Waals surface area contributed by atoms with Gasteiger partial charge in [-0.25, -0.2) is 0 Å². The van der Waals surface area contributed by atoms with Crippen LogP contribution in [0.5, 0.6) is 0 Å². The van der Waals surface area contributed by atoms with Gasteiger partial charge in [0.05, 0.1) is 0 Å². The average molecular weight is 152 g/mol. The summed E-state index contributed by atoms with van der Waals surface area (Å²) in [6, 6.07) is 0. The van der Waals surface area contributed by atoms with Gasteiger partial charge in [0.1, 0.15) is 0 Å². The number of Topliss-reactive ketones (excluding diaryl/α,β-unsaturated/α-hetero) is 1. The first-order valence-electron chi connectivity index (χ1n) is 3.57. The van der Waals surface area contributed by atoms with Crippen molar-refractivity contribution in [3.8, 4) is 0 Å². The van der Waals surface area contributed by atoms with Crippen molar-refractivity contribution in [2.45, 2.75) is 20.3 Å². The van der Waals surface area contributed by atoms with Crippen LogP contribution in [0.3, 0.4) is 0 Å². The molecule has 11 heavy (non-hydrogen) atoms. The maximum absolute atomic E-state index is 11.0. The summed E-state index contributed by atoms with van der Waals surface area (Å²) in [5, 5.41) is 9.13. The van der Waals surface area contributed by atoms with Gasteiger partial charge in [-0.2, -0.15) is 0 Å². The first-order chi connectivity index (χ1) is 4.92. The molecule has 0 saturated carbocycles. The minimum absolute atomic E-state index is 0.130. The maximum Gasteiger partial charge on any atom is 0.222 e. The summed E-state index contributed by atoms with van der Waals surface area (Å²) in [4.78, 5) is 11.0. The SMILES string of the molecule is C=C1CC(C)(C)C=C(O)C1=O. The summed E-state index contributed by atoms with van der Waals surface area (Å²) in [5.41, 5.74) is 0.365. The quantitative estimate of drug-likeness (QED) is 0.539. The summed E-state index contributed by atoms with van der Waals surface area (Å²) < 4.78 is 0. The maximum atomic E-state index is 11.0. The third kappa shape index (κ3) is 1.50. The summed E-state index contributed by atoms with van der Waals surface area (Å²) in [6.07, 6.45) is 2.22. The zero-order valence-electron chi connectivity index (χ0n) is 6.85. The third-order valence-electron chi connectivity index (χ3n) is 1.75. The second-order valence-electron chi connectivity index (χ2n) is 3.63. The van der Waals surface area contributed by atoms with Crippen molar-refractivity contribution in [2.24, 2.45) is 5.41 Å². The zero-order chi connectivity index (χ0) is 8.65. The largest absolute Gasteiger partial charge is 0.504 e. The Kier molecular flexibility index (Phi) is 1.63. The van der Waals surface area contributed by atoms with Crippen molar-refractivity contribution >= 4 is 5.78 Å². The van der Waals surface area contributed by atoms with Crippen molar-refractivity contribution in [1.82, 2.24) is 0 Å². The summed E-state index contributed by atoms with van der Waals surface area (Å²) in [7, 11) is 0. The fraction of sp³-hybridized carbons (Fsp3) is 0.444. The Morgan fingerprint density at radius 1 is 1.64 bits per heavy atom. The Morgan fingerprint density at radius 3 is 2.64 bits per heavy atom. The van der Waals surface area contributed by atoms with Crippen molar-refractivity contribution in [1.29, 1.82) is 0 Å².